The molecule has 2 aromatic rings. The van der Waals surface area contributed by atoms with Crippen molar-refractivity contribution < 1.29 is 4.79 Å². The van der Waals surface area contributed by atoms with Gasteiger partial charge in [-0.3, -0.25) is 0 Å². The van der Waals surface area contributed by atoms with Crippen molar-refractivity contribution in [1.29, 1.82) is 0 Å². The molecule has 110 valence electrons. The smallest absolute Gasteiger partial charge is 0.317 e. The Morgan fingerprint density at radius 3 is 2.71 bits per heavy atom. The normalized spacial score (nSPS) is 20.3. The molecule has 0 aromatic heterocycles. The van der Waals surface area contributed by atoms with Crippen LogP contribution in [-0.4, -0.2) is 30.6 Å². The van der Waals surface area contributed by atoms with Crippen LogP contribution in [0.15, 0.2) is 42.5 Å². The third-order valence-corrected chi connectivity index (χ3v) is 4.36. The van der Waals surface area contributed by atoms with Crippen molar-refractivity contribution in [1.82, 2.24) is 10.2 Å². The molecule has 1 saturated carbocycles. The number of rotatable bonds is 4. The van der Waals surface area contributed by atoms with Gasteiger partial charge in [-0.05, 0) is 35.1 Å². The molecule has 0 spiro atoms. The SMILES string of the molecule is C[C@@H]1C[C@@H]1NC(=O)N(C)CCc1cccc2ccccc12. The van der Waals surface area contributed by atoms with E-state index in [1.165, 1.54) is 16.3 Å². The summed E-state index contributed by atoms with van der Waals surface area (Å²) in [6, 6.07) is 15.2. The van der Waals surface area contributed by atoms with Crippen LogP contribution in [0.1, 0.15) is 18.9 Å². The van der Waals surface area contributed by atoms with Gasteiger partial charge in [-0.25, -0.2) is 4.79 Å². The summed E-state index contributed by atoms with van der Waals surface area (Å²) in [6.07, 6.45) is 1.99. The average Bonchev–Trinajstić information content (AvgIpc) is 3.19. The van der Waals surface area contributed by atoms with Gasteiger partial charge in [0.1, 0.15) is 0 Å². The first-order valence-corrected chi connectivity index (χ1v) is 7.63. The second-order valence-electron chi connectivity index (χ2n) is 6.08. The highest BCUT2D eigenvalue weighted by Crippen LogP contribution is 2.29. The van der Waals surface area contributed by atoms with Crippen LogP contribution < -0.4 is 5.32 Å². The third kappa shape index (κ3) is 3.18. The Bertz CT molecular complexity index is 647. The van der Waals surface area contributed by atoms with E-state index in [9.17, 15) is 4.79 Å². The molecule has 0 bridgehead atoms. The first kappa shape index (κ1) is 13.9. The number of hydrogen-bond donors (Lipinski definition) is 1. The number of fused-ring (bicyclic) bond motifs is 1. The number of nitrogens with zero attached hydrogens (tertiary/aromatic N) is 1. The highest BCUT2D eigenvalue weighted by molar-refractivity contribution is 5.85. The molecule has 2 aromatic carbocycles. The average molecular weight is 282 g/mol. The van der Waals surface area contributed by atoms with E-state index in [1.54, 1.807) is 4.90 Å². The minimum Gasteiger partial charge on any atom is -0.335 e. The number of likely N-dealkylation sites (N-methyl/N-ethyl adjacent to an activating group) is 1. The molecule has 0 aliphatic heterocycles. The van der Waals surface area contributed by atoms with Crippen molar-refractivity contribution >= 4 is 16.8 Å². The Hall–Kier alpha value is -2.03. The number of urea groups is 1. The maximum absolute atomic E-state index is 12.0. The van der Waals surface area contributed by atoms with E-state index in [2.05, 4.69) is 54.7 Å². The highest BCUT2D eigenvalue weighted by Gasteiger charge is 2.34. The van der Waals surface area contributed by atoms with E-state index < -0.39 is 0 Å². The largest absolute Gasteiger partial charge is 0.335 e. The van der Waals surface area contributed by atoms with Crippen molar-refractivity contribution in [2.75, 3.05) is 13.6 Å². The van der Waals surface area contributed by atoms with Crippen LogP contribution >= 0.6 is 0 Å². The summed E-state index contributed by atoms with van der Waals surface area (Å²) < 4.78 is 0. The van der Waals surface area contributed by atoms with Gasteiger partial charge >= 0.3 is 6.03 Å². The van der Waals surface area contributed by atoms with Crippen LogP contribution in [0.3, 0.4) is 0 Å². The van der Waals surface area contributed by atoms with Gasteiger partial charge in [0.15, 0.2) is 0 Å². The van der Waals surface area contributed by atoms with Crippen LogP contribution in [0.2, 0.25) is 0 Å². The number of carbonyl (C=O) groups excluding carboxylic acids is 1. The lowest BCUT2D eigenvalue weighted by molar-refractivity contribution is 0.208. The van der Waals surface area contributed by atoms with E-state index in [0.29, 0.717) is 12.0 Å². The second kappa shape index (κ2) is 5.76. The zero-order valence-corrected chi connectivity index (χ0v) is 12.7. The summed E-state index contributed by atoms with van der Waals surface area (Å²) in [5, 5.41) is 5.60. The maximum atomic E-state index is 12.0. The molecule has 1 aliphatic carbocycles. The molecule has 0 radical (unpaired) electrons. The molecule has 0 saturated heterocycles. The number of amides is 2. The van der Waals surface area contributed by atoms with Gasteiger partial charge in [-0.2, -0.15) is 0 Å². The predicted molar refractivity (Wildman–Crippen MR) is 86.4 cm³/mol. The van der Waals surface area contributed by atoms with Crippen LogP contribution in [0.4, 0.5) is 4.79 Å². The van der Waals surface area contributed by atoms with Gasteiger partial charge in [0.05, 0.1) is 0 Å². The van der Waals surface area contributed by atoms with Crippen molar-refractivity contribution in [3.8, 4) is 0 Å². The lowest BCUT2D eigenvalue weighted by Gasteiger charge is -2.18. The summed E-state index contributed by atoms with van der Waals surface area (Å²) in [5.74, 6) is 0.639. The Morgan fingerprint density at radius 1 is 1.24 bits per heavy atom. The minimum atomic E-state index is 0.0459. The molecule has 0 unspecified atom stereocenters. The maximum Gasteiger partial charge on any atom is 0.317 e. The van der Waals surface area contributed by atoms with Crippen LogP contribution in [-0.2, 0) is 6.42 Å². The summed E-state index contributed by atoms with van der Waals surface area (Å²) in [5.41, 5.74) is 1.30. The number of nitrogens with one attached hydrogen (secondary N) is 1. The van der Waals surface area contributed by atoms with Gasteiger partial charge < -0.3 is 10.2 Å². The number of carbonyl (C=O) groups is 1. The van der Waals surface area contributed by atoms with Gasteiger partial charge in [-0.1, -0.05) is 49.4 Å². The molecule has 1 aliphatic rings. The quantitative estimate of drug-likeness (QED) is 0.915. The topological polar surface area (TPSA) is 32.3 Å². The zero-order valence-electron chi connectivity index (χ0n) is 12.7. The standard InChI is InChI=1S/C18H22N2O/c1-13-12-17(13)19-18(21)20(2)11-10-15-8-5-7-14-6-3-4-9-16(14)15/h3-9,13,17H,10-12H2,1-2H3,(H,19,21)/t13-,17+/m1/s1. The molecule has 21 heavy (non-hydrogen) atoms. The fourth-order valence-electron chi connectivity index (χ4n) is 2.69. The monoisotopic (exact) mass is 282 g/mol. The molecule has 3 heteroatoms. The van der Waals surface area contributed by atoms with E-state index in [1.807, 2.05) is 7.05 Å². The van der Waals surface area contributed by atoms with Crippen LogP contribution in [0, 0.1) is 5.92 Å². The summed E-state index contributed by atoms with van der Waals surface area (Å²) >= 11 is 0. The Morgan fingerprint density at radius 2 is 1.95 bits per heavy atom. The predicted octanol–water partition coefficient (Wildman–Crippen LogP) is 3.43. The molecule has 1 fully saturated rings. The molecule has 0 heterocycles. The zero-order chi connectivity index (χ0) is 14.8. The van der Waals surface area contributed by atoms with E-state index >= 15 is 0 Å². The van der Waals surface area contributed by atoms with Gasteiger partial charge in [0.25, 0.3) is 0 Å². The van der Waals surface area contributed by atoms with Crippen molar-refractivity contribution in [3.05, 3.63) is 48.0 Å². The van der Waals surface area contributed by atoms with E-state index in [-0.39, 0.29) is 6.03 Å². The van der Waals surface area contributed by atoms with Gasteiger partial charge in [-0.15, -0.1) is 0 Å². The van der Waals surface area contributed by atoms with Crippen molar-refractivity contribution in [2.24, 2.45) is 5.92 Å². The summed E-state index contributed by atoms with van der Waals surface area (Å²) in [6.45, 7) is 2.90. The minimum absolute atomic E-state index is 0.0459. The Kier molecular flexibility index (Phi) is 3.82. The van der Waals surface area contributed by atoms with Crippen LogP contribution in [0.25, 0.3) is 10.8 Å². The highest BCUT2D eigenvalue weighted by atomic mass is 16.2. The molecule has 3 rings (SSSR count). The first-order valence-electron chi connectivity index (χ1n) is 7.63. The number of benzene rings is 2. The molecule has 2 atom stereocenters. The van der Waals surface area contributed by atoms with Crippen molar-refractivity contribution in [2.45, 2.75) is 25.8 Å². The molecular formula is C18H22N2O. The van der Waals surface area contributed by atoms with E-state index in [0.717, 1.165) is 19.4 Å². The Labute approximate surface area is 125 Å². The lowest BCUT2D eigenvalue weighted by atomic mass is 10.0. The molecular weight excluding hydrogens is 260 g/mol. The fourth-order valence-corrected chi connectivity index (χ4v) is 2.69. The summed E-state index contributed by atoms with van der Waals surface area (Å²) in [7, 11) is 1.87. The van der Waals surface area contributed by atoms with Gasteiger partial charge in [0.2, 0.25) is 0 Å². The molecule has 3 nitrogen and oxygen atoms in total. The summed E-state index contributed by atoms with van der Waals surface area (Å²) in [4.78, 5) is 13.8. The number of hydrogen-bond acceptors (Lipinski definition) is 1. The molecule has 1 N–H and O–H groups in total. The molecule has 2 amide bonds. The Balaban J connectivity index is 1.62. The third-order valence-electron chi connectivity index (χ3n) is 4.36. The second-order valence-corrected chi connectivity index (χ2v) is 6.08. The fraction of sp³-hybridized carbons (Fsp3) is 0.389. The van der Waals surface area contributed by atoms with Gasteiger partial charge in [0, 0.05) is 19.6 Å². The van der Waals surface area contributed by atoms with Crippen molar-refractivity contribution in [3.63, 3.8) is 0 Å². The lowest BCUT2D eigenvalue weighted by Crippen LogP contribution is -2.39. The first-order chi connectivity index (χ1) is 10.1. The van der Waals surface area contributed by atoms with E-state index in [4.69, 9.17) is 0 Å². The van der Waals surface area contributed by atoms with Crippen LogP contribution in [0.5, 0.6) is 0 Å².